The molecule has 3 aromatic rings. The first kappa shape index (κ1) is 49.8. The maximum absolute atomic E-state index is 11.7. The Morgan fingerprint density at radius 2 is 1.09 bits per heavy atom. The molecule has 1 aromatic heterocycles. The predicted molar refractivity (Wildman–Crippen MR) is 210 cm³/mol. The Balaban J connectivity index is 1.30. The summed E-state index contributed by atoms with van der Waals surface area (Å²) >= 11 is 0. The highest BCUT2D eigenvalue weighted by Crippen LogP contribution is 2.47. The van der Waals surface area contributed by atoms with Crippen LogP contribution in [0, 0.1) is 0 Å². The average Bonchev–Trinajstić information content (AvgIpc) is 3.29. The molecule has 0 radical (unpaired) electrons. The highest BCUT2D eigenvalue weighted by Gasteiger charge is 2.53. The van der Waals surface area contributed by atoms with E-state index in [4.69, 9.17) is 47.0 Å². The lowest BCUT2D eigenvalue weighted by Gasteiger charge is -2.46. The van der Waals surface area contributed by atoms with Crippen LogP contribution < -0.4 is 14.2 Å². The van der Waals surface area contributed by atoms with Gasteiger partial charge in [0.05, 0.1) is 44.7 Å². The van der Waals surface area contributed by atoms with Gasteiger partial charge in [-0.3, -0.25) is 0 Å². The summed E-state index contributed by atoms with van der Waals surface area (Å²) in [5.41, 5.74) is -0.337. The number of methoxy groups -OCH3 is 1. The Morgan fingerprint density at radius 1 is 0.545 bits per heavy atom. The molecule has 5 heterocycles. The molecule has 4 fully saturated rings. The molecule has 4 aliphatic rings. The third-order valence-electron chi connectivity index (χ3n) is 11.7. The largest absolute Gasteiger partial charge is 0.507 e. The second-order valence-electron chi connectivity index (χ2n) is 16.1. The lowest BCUT2D eigenvalue weighted by Crippen LogP contribution is -2.65. The second kappa shape index (κ2) is 20.2. The molecule has 0 amide bonds. The third kappa shape index (κ3) is 9.63. The van der Waals surface area contributed by atoms with Gasteiger partial charge in [-0.2, -0.15) is 0 Å². The van der Waals surface area contributed by atoms with E-state index in [0.717, 1.165) is 31.4 Å². The van der Waals surface area contributed by atoms with Gasteiger partial charge in [0.1, 0.15) is 102 Å². The minimum atomic E-state index is -2.10. The van der Waals surface area contributed by atoms with E-state index in [9.17, 15) is 81.7 Å². The van der Waals surface area contributed by atoms with Gasteiger partial charge in [0.25, 0.3) is 0 Å². The van der Waals surface area contributed by atoms with E-state index in [-0.39, 0.29) is 28.0 Å². The van der Waals surface area contributed by atoms with E-state index >= 15 is 0 Å². The summed E-state index contributed by atoms with van der Waals surface area (Å²) in [6.07, 6.45) is -35.5. The maximum Gasteiger partial charge on any atom is 0.402 e. The number of benzene rings is 2. The van der Waals surface area contributed by atoms with Crippen molar-refractivity contribution in [1.29, 1.82) is 0 Å². The van der Waals surface area contributed by atoms with Gasteiger partial charge < -0.3 is 124 Å². The number of hydrogen-bond acceptors (Lipinski definition) is 25. The normalized spacial score (nSPS) is 39.7. The molecule has 26 heteroatoms. The fourth-order valence-electron chi connectivity index (χ4n) is 7.81. The van der Waals surface area contributed by atoms with E-state index in [1.165, 1.54) is 13.0 Å². The van der Waals surface area contributed by atoms with Gasteiger partial charge in [-0.05, 0) is 6.92 Å². The highest BCUT2D eigenvalue weighted by atomic mass is 16.8. The van der Waals surface area contributed by atoms with Crippen molar-refractivity contribution < 1.29 is 129 Å². The Labute approximate surface area is 372 Å². The van der Waals surface area contributed by atoms with Crippen LogP contribution in [0.15, 0.2) is 34.7 Å². The van der Waals surface area contributed by atoms with Crippen LogP contribution in [0.3, 0.4) is 0 Å². The first-order chi connectivity index (χ1) is 31.3. The molecule has 26 nitrogen and oxygen atoms in total. The summed E-state index contributed by atoms with van der Waals surface area (Å²) in [6.45, 7) is -1.04. The van der Waals surface area contributed by atoms with Crippen molar-refractivity contribution in [3.05, 3.63) is 30.3 Å². The maximum atomic E-state index is 11.7. The Bertz CT molecular complexity index is 2130. The molecule has 20 atom stereocenters. The molecule has 0 aliphatic carbocycles. The number of aromatic hydroxyl groups is 3. The molecular weight excluding hydrogens is 896 g/mol. The van der Waals surface area contributed by atoms with E-state index in [2.05, 4.69) is 0 Å². The first-order valence-corrected chi connectivity index (χ1v) is 20.4. The topological polar surface area (TPSA) is 418 Å². The number of aliphatic hydroxyl groups excluding tert-OH is 13. The van der Waals surface area contributed by atoms with E-state index in [1.807, 2.05) is 0 Å². The number of ether oxygens (including phenoxy) is 9. The third-order valence-corrected chi connectivity index (χ3v) is 11.7. The van der Waals surface area contributed by atoms with E-state index in [1.54, 1.807) is 0 Å². The smallest absolute Gasteiger partial charge is 0.402 e. The lowest BCUT2D eigenvalue weighted by atomic mass is 9.97. The minimum absolute atomic E-state index is 0.129. The number of fused-ring (bicyclic) bond motifs is 1. The van der Waals surface area contributed by atoms with Crippen LogP contribution in [-0.2, 0) is 28.4 Å². The van der Waals surface area contributed by atoms with Crippen LogP contribution in [0.4, 0.5) is 0 Å². The zero-order valence-electron chi connectivity index (χ0n) is 34.8. The van der Waals surface area contributed by atoms with Gasteiger partial charge in [0.2, 0.25) is 24.1 Å². The van der Waals surface area contributed by atoms with Gasteiger partial charge in [0, 0.05) is 24.3 Å². The van der Waals surface area contributed by atoms with Crippen molar-refractivity contribution in [3.8, 4) is 45.8 Å². The number of aliphatic hydroxyl groups is 13. The number of rotatable bonds is 13. The zero-order chi connectivity index (χ0) is 48.0. The van der Waals surface area contributed by atoms with Crippen LogP contribution in [0.5, 0.6) is 34.5 Å². The van der Waals surface area contributed by atoms with Crippen LogP contribution in [0.25, 0.3) is 22.3 Å². The van der Waals surface area contributed by atoms with Gasteiger partial charge in [-0.1, -0.05) is 0 Å². The van der Waals surface area contributed by atoms with Crippen LogP contribution in [0.2, 0.25) is 0 Å². The molecule has 0 spiro atoms. The monoisotopic (exact) mass is 949 g/mol. The summed E-state index contributed by atoms with van der Waals surface area (Å²) in [6, 6.07) is 5.46. The summed E-state index contributed by atoms with van der Waals surface area (Å²) < 4.78 is 57.6. The van der Waals surface area contributed by atoms with Crippen molar-refractivity contribution >= 4 is 11.0 Å². The molecule has 0 bridgehead atoms. The summed E-state index contributed by atoms with van der Waals surface area (Å²) in [7, 11) is 1.15. The van der Waals surface area contributed by atoms with Gasteiger partial charge in [-0.15, -0.1) is 0 Å². The summed E-state index contributed by atoms with van der Waals surface area (Å²) in [5.74, 6) is -3.42. The van der Waals surface area contributed by atoms with Crippen LogP contribution in [0.1, 0.15) is 6.92 Å². The van der Waals surface area contributed by atoms with Gasteiger partial charge >= 0.3 is 11.3 Å². The Hall–Kier alpha value is -4.11. The zero-order valence-corrected chi connectivity index (χ0v) is 34.8. The van der Waals surface area contributed by atoms with Crippen molar-refractivity contribution in [1.82, 2.24) is 0 Å². The van der Waals surface area contributed by atoms with Crippen molar-refractivity contribution in [2.24, 2.45) is 0 Å². The summed E-state index contributed by atoms with van der Waals surface area (Å²) in [4.78, 5) is 0. The summed E-state index contributed by atoms with van der Waals surface area (Å²) in [5, 5.41) is 169. The van der Waals surface area contributed by atoms with Crippen molar-refractivity contribution in [3.63, 3.8) is 0 Å². The van der Waals surface area contributed by atoms with E-state index < -0.39 is 171 Å². The Kier molecular flexibility index (Phi) is 15.3. The average molecular weight is 950 g/mol. The predicted octanol–water partition coefficient (Wildman–Crippen LogP) is -5.46. The molecule has 7 rings (SSSR count). The number of hydrogen-bond donors (Lipinski definition) is 16. The number of phenols is 3. The lowest BCUT2D eigenvalue weighted by molar-refractivity contribution is -0.362. The highest BCUT2D eigenvalue weighted by molar-refractivity contribution is 5.88. The van der Waals surface area contributed by atoms with Crippen LogP contribution >= 0.6 is 0 Å². The minimum Gasteiger partial charge on any atom is -0.507 e. The van der Waals surface area contributed by atoms with Gasteiger partial charge in [-0.25, -0.2) is 4.42 Å². The van der Waals surface area contributed by atoms with Crippen molar-refractivity contribution in [2.75, 3.05) is 26.9 Å². The molecule has 368 valence electrons. The molecule has 16 N–H and O–H groups in total. The SMILES string of the molecule is COc1cc(-c2[o+]c3cc(O)cc(O)c3cc2O[C@@H]2OC(CO[C@@H]3OC(C)[C@H](O)[C@H](O)C3O)[C@@H](O)C(O)C2O[C@@H]2OC(CO)[C@@H](O)C(O)[C@H]2O)cc(O[C@@H]2OC(CO)[C@@H](O)[C@H](O)C2O)c1O. The second-order valence-corrected chi connectivity index (χ2v) is 16.1. The fraction of sp³-hybridized carbons (Fsp3) is 0.625. The van der Waals surface area contributed by atoms with Crippen molar-refractivity contribution in [2.45, 2.75) is 130 Å². The number of phenolic OH excluding ortho intramolecular Hbond substituents is 3. The van der Waals surface area contributed by atoms with Crippen LogP contribution in [-0.4, -0.2) is 231 Å². The molecule has 9 unspecified atom stereocenters. The van der Waals surface area contributed by atoms with Gasteiger partial charge in [0.15, 0.2) is 30.2 Å². The molecule has 2 aromatic carbocycles. The Morgan fingerprint density at radius 3 is 1.73 bits per heavy atom. The standard InChI is InChI=1S/C40H52O26/c1-11-23(45)28(50)32(54)37(59-11)58-10-22-27(49)31(53)36(66-39-34(56)30(52)26(48)21(9-42)64-39)40(65-22)62-19-7-14-15(44)5-13(43)6-16(14)60-35(19)12-3-17(57-2)24(46)18(4-12)61-38-33(55)29(51)25(47)20(8-41)63-38/h3-7,11,20-23,25-34,36-42,45,47-56H,8-10H2,1-2H3,(H2-,43,44,46)/p+1/t11?,20?,21?,22?,23-,25+,26+,27+,28-,29-,30?,31?,32?,33?,34+,36?,37+,38+,39-,40+/m0/s1. The fourth-order valence-corrected chi connectivity index (χ4v) is 7.81. The molecule has 0 saturated carbocycles. The molecule has 4 aliphatic heterocycles. The van der Waals surface area contributed by atoms with E-state index in [0.29, 0.717) is 0 Å². The quantitative estimate of drug-likeness (QED) is 0.0711. The molecule has 4 saturated heterocycles. The molecular formula is C40H53O26+. The molecule has 66 heavy (non-hydrogen) atoms. The first-order valence-electron chi connectivity index (χ1n) is 20.4.